The van der Waals surface area contributed by atoms with Crippen molar-refractivity contribution in [3.8, 4) is 11.5 Å². The van der Waals surface area contributed by atoms with Gasteiger partial charge in [0, 0.05) is 24.7 Å². The monoisotopic (exact) mass is 325 g/mol. The van der Waals surface area contributed by atoms with E-state index < -0.39 is 5.97 Å². The van der Waals surface area contributed by atoms with Crippen LogP contribution in [0.1, 0.15) is 30.1 Å². The number of ether oxygens (including phenoxy) is 2. The molecule has 2 aromatic carbocycles. The average Bonchev–Trinajstić information content (AvgIpc) is 3.02. The smallest absolute Gasteiger partial charge is 0.347 e. The predicted octanol–water partition coefficient (Wildman–Crippen LogP) is 3.43. The molecular formula is C19H19NO4. The maximum absolute atomic E-state index is 12.4. The molecule has 0 spiro atoms. The van der Waals surface area contributed by atoms with Crippen LogP contribution >= 0.6 is 0 Å². The number of carbonyl (C=O) groups excluding carboxylic acids is 2. The van der Waals surface area contributed by atoms with Crippen LogP contribution in [0.5, 0.6) is 11.5 Å². The van der Waals surface area contributed by atoms with Crippen molar-refractivity contribution in [1.82, 2.24) is 0 Å². The van der Waals surface area contributed by atoms with Crippen LogP contribution in [0.3, 0.4) is 0 Å². The van der Waals surface area contributed by atoms with Crippen molar-refractivity contribution < 1.29 is 19.1 Å². The molecule has 0 atom stereocenters. The Kier molecular flexibility index (Phi) is 4.79. The number of hydrogen-bond donors (Lipinski definition) is 0. The number of nitrogens with zero attached hydrogens (tertiary/aromatic N) is 1. The lowest BCUT2D eigenvalue weighted by molar-refractivity contribution is -0.117. The number of rotatable bonds is 5. The topological polar surface area (TPSA) is 55.8 Å². The van der Waals surface area contributed by atoms with Gasteiger partial charge in [0.15, 0.2) is 0 Å². The van der Waals surface area contributed by atoms with E-state index in [1.807, 2.05) is 13.0 Å². The van der Waals surface area contributed by atoms with E-state index in [0.29, 0.717) is 36.6 Å². The Morgan fingerprint density at radius 1 is 1.17 bits per heavy atom. The Bertz CT molecular complexity index is 757. The first kappa shape index (κ1) is 16.1. The van der Waals surface area contributed by atoms with Crippen LogP contribution in [0.2, 0.25) is 0 Å². The number of carbonyl (C=O) groups is 2. The molecular weight excluding hydrogens is 306 g/mol. The summed E-state index contributed by atoms with van der Waals surface area (Å²) >= 11 is 0. The molecule has 0 radical (unpaired) electrons. The van der Waals surface area contributed by atoms with E-state index in [1.165, 1.54) is 0 Å². The van der Waals surface area contributed by atoms with E-state index >= 15 is 0 Å². The first-order valence-corrected chi connectivity index (χ1v) is 8.03. The van der Waals surface area contributed by atoms with Crippen molar-refractivity contribution >= 4 is 17.6 Å². The zero-order chi connectivity index (χ0) is 16.9. The van der Waals surface area contributed by atoms with Gasteiger partial charge in [-0.3, -0.25) is 4.79 Å². The third-order valence-corrected chi connectivity index (χ3v) is 3.82. The lowest BCUT2D eigenvalue weighted by atomic mass is 10.2. The number of para-hydroxylation sites is 1. The fourth-order valence-corrected chi connectivity index (χ4v) is 2.71. The fraction of sp³-hybridized carbons (Fsp3) is 0.263. The van der Waals surface area contributed by atoms with Crippen LogP contribution in [0.25, 0.3) is 0 Å². The minimum absolute atomic E-state index is 0.0974. The SMILES string of the molecule is CCOc1ccccc1C(=O)Oc1cccc(N2CCCC2=O)c1. The van der Waals surface area contributed by atoms with Gasteiger partial charge in [0.1, 0.15) is 17.1 Å². The summed E-state index contributed by atoms with van der Waals surface area (Å²) in [5.74, 6) is 0.517. The first-order chi connectivity index (χ1) is 11.7. The van der Waals surface area contributed by atoms with Crippen molar-refractivity contribution in [3.05, 3.63) is 54.1 Å². The van der Waals surface area contributed by atoms with Gasteiger partial charge < -0.3 is 14.4 Å². The second kappa shape index (κ2) is 7.17. The van der Waals surface area contributed by atoms with Gasteiger partial charge in [-0.25, -0.2) is 4.79 Å². The minimum Gasteiger partial charge on any atom is -0.493 e. The molecule has 1 amide bonds. The number of hydrogen-bond acceptors (Lipinski definition) is 4. The van der Waals surface area contributed by atoms with Crippen LogP contribution in [0.4, 0.5) is 5.69 Å². The molecule has 5 nitrogen and oxygen atoms in total. The van der Waals surface area contributed by atoms with E-state index in [-0.39, 0.29) is 5.91 Å². The third kappa shape index (κ3) is 3.40. The fourth-order valence-electron chi connectivity index (χ4n) is 2.71. The molecule has 1 fully saturated rings. The highest BCUT2D eigenvalue weighted by atomic mass is 16.5. The minimum atomic E-state index is -0.482. The summed E-state index contributed by atoms with van der Waals surface area (Å²) in [4.78, 5) is 26.0. The number of esters is 1. The van der Waals surface area contributed by atoms with Gasteiger partial charge in [0.25, 0.3) is 0 Å². The van der Waals surface area contributed by atoms with Crippen molar-refractivity contribution in [2.75, 3.05) is 18.1 Å². The second-order valence-corrected chi connectivity index (χ2v) is 5.46. The Labute approximate surface area is 140 Å². The summed E-state index contributed by atoms with van der Waals surface area (Å²) < 4.78 is 10.9. The zero-order valence-electron chi connectivity index (χ0n) is 13.5. The molecule has 1 aliphatic rings. The van der Waals surface area contributed by atoms with E-state index in [1.54, 1.807) is 47.4 Å². The quantitative estimate of drug-likeness (QED) is 0.624. The highest BCUT2D eigenvalue weighted by molar-refractivity contribution is 5.96. The molecule has 0 N–H and O–H groups in total. The molecule has 0 saturated carbocycles. The van der Waals surface area contributed by atoms with Crippen LogP contribution in [0, 0.1) is 0 Å². The van der Waals surface area contributed by atoms with Crippen LogP contribution in [0.15, 0.2) is 48.5 Å². The average molecular weight is 325 g/mol. The van der Waals surface area contributed by atoms with Gasteiger partial charge >= 0.3 is 5.97 Å². The molecule has 0 bridgehead atoms. The molecule has 2 aromatic rings. The molecule has 24 heavy (non-hydrogen) atoms. The molecule has 0 aromatic heterocycles. The van der Waals surface area contributed by atoms with Crippen molar-refractivity contribution in [3.63, 3.8) is 0 Å². The lowest BCUT2D eigenvalue weighted by Crippen LogP contribution is -2.23. The van der Waals surface area contributed by atoms with Crippen molar-refractivity contribution in [2.24, 2.45) is 0 Å². The van der Waals surface area contributed by atoms with Crippen LogP contribution < -0.4 is 14.4 Å². The highest BCUT2D eigenvalue weighted by Gasteiger charge is 2.22. The molecule has 1 saturated heterocycles. The van der Waals surface area contributed by atoms with Gasteiger partial charge in [0.05, 0.1) is 6.61 Å². The highest BCUT2D eigenvalue weighted by Crippen LogP contribution is 2.27. The van der Waals surface area contributed by atoms with Gasteiger partial charge in [-0.15, -0.1) is 0 Å². The van der Waals surface area contributed by atoms with E-state index in [9.17, 15) is 9.59 Å². The summed E-state index contributed by atoms with van der Waals surface area (Å²) in [6.45, 7) is 3.03. The summed E-state index contributed by atoms with van der Waals surface area (Å²) in [5.41, 5.74) is 1.13. The van der Waals surface area contributed by atoms with E-state index in [2.05, 4.69) is 0 Å². The molecule has 124 valence electrons. The predicted molar refractivity (Wildman–Crippen MR) is 90.6 cm³/mol. The van der Waals surface area contributed by atoms with Gasteiger partial charge in [-0.05, 0) is 37.6 Å². The second-order valence-electron chi connectivity index (χ2n) is 5.46. The van der Waals surface area contributed by atoms with Gasteiger partial charge in [-0.1, -0.05) is 18.2 Å². The molecule has 1 aliphatic heterocycles. The first-order valence-electron chi connectivity index (χ1n) is 8.03. The number of amides is 1. The summed E-state index contributed by atoms with van der Waals surface area (Å²) in [5, 5.41) is 0. The lowest BCUT2D eigenvalue weighted by Gasteiger charge is -2.16. The zero-order valence-corrected chi connectivity index (χ0v) is 13.5. The maximum Gasteiger partial charge on any atom is 0.347 e. The third-order valence-electron chi connectivity index (χ3n) is 3.82. The molecule has 1 heterocycles. The molecule has 0 aliphatic carbocycles. The van der Waals surface area contributed by atoms with Crippen molar-refractivity contribution in [1.29, 1.82) is 0 Å². The van der Waals surface area contributed by atoms with Crippen LogP contribution in [-0.4, -0.2) is 25.0 Å². The Hall–Kier alpha value is -2.82. The van der Waals surface area contributed by atoms with Crippen LogP contribution in [-0.2, 0) is 4.79 Å². The van der Waals surface area contributed by atoms with Crippen molar-refractivity contribution in [2.45, 2.75) is 19.8 Å². The normalized spacial score (nSPS) is 13.9. The Balaban J connectivity index is 1.79. The van der Waals surface area contributed by atoms with E-state index in [4.69, 9.17) is 9.47 Å². The number of benzene rings is 2. The van der Waals surface area contributed by atoms with E-state index in [0.717, 1.165) is 12.1 Å². The summed E-state index contributed by atoms with van der Waals surface area (Å²) in [6.07, 6.45) is 1.41. The standard InChI is InChI=1S/C19H19NO4/c1-2-23-17-10-4-3-9-16(17)19(22)24-15-8-5-7-14(13-15)20-12-6-11-18(20)21/h3-5,7-10,13H,2,6,11-12H2,1H3. The molecule has 5 heteroatoms. The largest absolute Gasteiger partial charge is 0.493 e. The maximum atomic E-state index is 12.4. The Morgan fingerprint density at radius 3 is 2.75 bits per heavy atom. The number of anilines is 1. The summed E-state index contributed by atoms with van der Waals surface area (Å²) in [6, 6.07) is 14.0. The molecule has 3 rings (SSSR count). The summed E-state index contributed by atoms with van der Waals surface area (Å²) in [7, 11) is 0. The van der Waals surface area contributed by atoms with Gasteiger partial charge in [0.2, 0.25) is 5.91 Å². The molecule has 0 unspecified atom stereocenters. The van der Waals surface area contributed by atoms with Gasteiger partial charge in [-0.2, -0.15) is 0 Å². The Morgan fingerprint density at radius 2 is 2.00 bits per heavy atom.